The van der Waals surface area contributed by atoms with Gasteiger partial charge in [0.1, 0.15) is 5.69 Å². The van der Waals surface area contributed by atoms with Gasteiger partial charge in [0.05, 0.1) is 37.7 Å². The maximum Gasteiger partial charge on any atom is 0.410 e. The molecule has 2 rings (SSSR count). The number of halogens is 1. The number of rotatable bonds is 5. The highest BCUT2D eigenvalue weighted by molar-refractivity contribution is 6.31. The Labute approximate surface area is 149 Å². The third-order valence-corrected chi connectivity index (χ3v) is 4.07. The maximum atomic E-state index is 12.2. The molecule has 10 heteroatoms. The van der Waals surface area contributed by atoms with E-state index in [1.165, 1.54) is 18.2 Å². The summed E-state index contributed by atoms with van der Waals surface area (Å²) in [4.78, 5) is 36.9. The molecule has 0 bridgehead atoms. The summed E-state index contributed by atoms with van der Waals surface area (Å²) in [6.07, 6.45) is -0.347. The largest absolute Gasteiger partial charge is 0.450 e. The fourth-order valence-corrected chi connectivity index (χ4v) is 2.76. The number of nitrogens with zero attached hydrogens (tertiary/aromatic N) is 2. The van der Waals surface area contributed by atoms with Crippen molar-refractivity contribution in [2.45, 2.75) is 6.92 Å². The second-order valence-electron chi connectivity index (χ2n) is 5.58. The van der Waals surface area contributed by atoms with Crippen LogP contribution in [0, 0.1) is 10.1 Å². The van der Waals surface area contributed by atoms with E-state index in [1.807, 2.05) is 0 Å². The van der Waals surface area contributed by atoms with E-state index in [9.17, 15) is 19.7 Å². The van der Waals surface area contributed by atoms with Crippen LogP contribution in [0.3, 0.4) is 0 Å². The number of nitrogens with one attached hydrogen (secondary N) is 2. The van der Waals surface area contributed by atoms with Crippen molar-refractivity contribution in [3.8, 4) is 0 Å². The number of hydrogen-bond acceptors (Lipinski definition) is 5. The Morgan fingerprint density at radius 3 is 2.68 bits per heavy atom. The molecule has 9 nitrogen and oxygen atoms in total. The first-order valence-corrected chi connectivity index (χ1v) is 8.27. The highest BCUT2D eigenvalue weighted by atomic mass is 35.5. The third kappa shape index (κ3) is 5.30. The second-order valence-corrected chi connectivity index (χ2v) is 6.02. The van der Waals surface area contributed by atoms with Gasteiger partial charge in [0, 0.05) is 11.1 Å². The lowest BCUT2D eigenvalue weighted by Crippen LogP contribution is -3.15. The van der Waals surface area contributed by atoms with Gasteiger partial charge in [-0.05, 0) is 19.1 Å². The van der Waals surface area contributed by atoms with Crippen molar-refractivity contribution in [3.63, 3.8) is 0 Å². The lowest BCUT2D eigenvalue weighted by Gasteiger charge is -2.31. The Hall–Kier alpha value is -2.39. The van der Waals surface area contributed by atoms with Gasteiger partial charge in [-0.2, -0.15) is 0 Å². The molecule has 1 aliphatic rings. The fraction of sp³-hybridized carbons (Fsp3) is 0.467. The standard InChI is InChI=1S/C15H19ClN4O5/c1-2-25-15(22)19-7-5-18(6-8-19)10-14(21)17-12-9-11(16)3-4-13(12)20(23)24/h3-4,9H,2,5-8,10H2,1H3,(H,17,21)/p+1. The molecule has 0 aliphatic carbocycles. The molecule has 2 amide bonds. The summed E-state index contributed by atoms with van der Waals surface area (Å²) in [5.74, 6) is -0.343. The van der Waals surface area contributed by atoms with Crippen LogP contribution in [0.4, 0.5) is 16.2 Å². The Balaban J connectivity index is 1.89. The molecule has 0 radical (unpaired) electrons. The van der Waals surface area contributed by atoms with Gasteiger partial charge < -0.3 is 15.0 Å². The molecule has 1 saturated heterocycles. The van der Waals surface area contributed by atoms with Crippen LogP contribution >= 0.6 is 11.6 Å². The monoisotopic (exact) mass is 371 g/mol. The Bertz CT molecular complexity index is 661. The van der Waals surface area contributed by atoms with Crippen LogP contribution in [0.2, 0.25) is 5.02 Å². The van der Waals surface area contributed by atoms with E-state index < -0.39 is 4.92 Å². The lowest BCUT2D eigenvalue weighted by atomic mass is 10.2. The van der Waals surface area contributed by atoms with Crippen LogP contribution in [0.25, 0.3) is 0 Å². The van der Waals surface area contributed by atoms with E-state index in [4.69, 9.17) is 16.3 Å². The van der Waals surface area contributed by atoms with E-state index in [0.717, 1.165) is 4.90 Å². The van der Waals surface area contributed by atoms with Crippen molar-refractivity contribution in [3.05, 3.63) is 33.3 Å². The van der Waals surface area contributed by atoms with E-state index in [1.54, 1.807) is 11.8 Å². The maximum absolute atomic E-state index is 12.2. The van der Waals surface area contributed by atoms with E-state index >= 15 is 0 Å². The molecule has 0 spiro atoms. The van der Waals surface area contributed by atoms with Crippen LogP contribution in [0.15, 0.2) is 18.2 Å². The average Bonchev–Trinajstić information content (AvgIpc) is 2.55. The van der Waals surface area contributed by atoms with Gasteiger partial charge in [0.25, 0.3) is 11.6 Å². The van der Waals surface area contributed by atoms with Gasteiger partial charge in [-0.3, -0.25) is 19.8 Å². The molecule has 136 valence electrons. The quantitative estimate of drug-likeness (QED) is 0.580. The normalized spacial score (nSPS) is 14.9. The number of hydrogen-bond donors (Lipinski definition) is 2. The van der Waals surface area contributed by atoms with Crippen LogP contribution in [0.1, 0.15) is 6.92 Å². The van der Waals surface area contributed by atoms with Crippen molar-refractivity contribution in [1.29, 1.82) is 0 Å². The number of ether oxygens (including phenoxy) is 1. The highest BCUT2D eigenvalue weighted by Crippen LogP contribution is 2.27. The zero-order valence-corrected chi connectivity index (χ0v) is 14.5. The molecule has 1 aromatic carbocycles. The van der Waals surface area contributed by atoms with Crippen molar-refractivity contribution in [1.82, 2.24) is 4.90 Å². The minimum absolute atomic E-state index is 0.0760. The van der Waals surface area contributed by atoms with Crippen molar-refractivity contribution in [2.75, 3.05) is 44.6 Å². The highest BCUT2D eigenvalue weighted by Gasteiger charge is 2.26. The van der Waals surface area contributed by atoms with E-state index in [0.29, 0.717) is 37.8 Å². The zero-order valence-electron chi connectivity index (χ0n) is 13.8. The summed E-state index contributed by atoms with van der Waals surface area (Å²) >= 11 is 5.84. The Morgan fingerprint density at radius 2 is 2.08 bits per heavy atom. The predicted octanol–water partition coefficient (Wildman–Crippen LogP) is 0.544. The number of benzene rings is 1. The summed E-state index contributed by atoms with van der Waals surface area (Å²) in [5, 5.41) is 13.9. The lowest BCUT2D eigenvalue weighted by molar-refractivity contribution is -0.895. The van der Waals surface area contributed by atoms with E-state index in [2.05, 4.69) is 5.32 Å². The van der Waals surface area contributed by atoms with Crippen molar-refractivity contribution >= 4 is 35.0 Å². The molecule has 25 heavy (non-hydrogen) atoms. The average molecular weight is 372 g/mol. The van der Waals surface area contributed by atoms with Gasteiger partial charge in [-0.1, -0.05) is 11.6 Å². The molecule has 1 heterocycles. The molecule has 0 unspecified atom stereocenters. The SMILES string of the molecule is CCOC(=O)N1CC[NH+](CC(=O)Nc2cc(Cl)ccc2[N+](=O)[O-])CC1. The summed E-state index contributed by atoms with van der Waals surface area (Å²) < 4.78 is 4.95. The van der Waals surface area contributed by atoms with Crippen molar-refractivity contribution in [2.24, 2.45) is 0 Å². The van der Waals surface area contributed by atoms with Gasteiger partial charge in [-0.15, -0.1) is 0 Å². The molecule has 1 fully saturated rings. The second kappa shape index (κ2) is 8.63. The molecular weight excluding hydrogens is 352 g/mol. The smallest absolute Gasteiger partial charge is 0.410 e. The summed E-state index contributed by atoms with van der Waals surface area (Å²) in [7, 11) is 0. The molecule has 0 aromatic heterocycles. The molecule has 1 aromatic rings. The zero-order chi connectivity index (χ0) is 18.4. The fourth-order valence-electron chi connectivity index (χ4n) is 2.59. The van der Waals surface area contributed by atoms with Crippen LogP contribution < -0.4 is 10.2 Å². The molecule has 0 atom stereocenters. The van der Waals surface area contributed by atoms with Gasteiger partial charge in [-0.25, -0.2) is 4.79 Å². The molecule has 1 aliphatic heterocycles. The van der Waals surface area contributed by atoms with Crippen LogP contribution in [-0.2, 0) is 9.53 Å². The van der Waals surface area contributed by atoms with Gasteiger partial charge >= 0.3 is 6.09 Å². The Morgan fingerprint density at radius 1 is 1.40 bits per heavy atom. The molecule has 0 saturated carbocycles. The first kappa shape index (κ1) is 18.9. The third-order valence-electron chi connectivity index (χ3n) is 3.84. The van der Waals surface area contributed by atoms with E-state index in [-0.39, 0.29) is 29.9 Å². The number of anilines is 1. The molecular formula is C15H20ClN4O5+. The van der Waals surface area contributed by atoms with Crippen LogP contribution in [-0.4, -0.2) is 61.2 Å². The minimum Gasteiger partial charge on any atom is -0.450 e. The number of amides is 2. The number of piperazine rings is 1. The number of nitro benzene ring substituents is 1. The summed E-state index contributed by atoms with van der Waals surface area (Å²) in [6, 6.07) is 4.00. The topological polar surface area (TPSA) is 106 Å². The number of carbonyl (C=O) groups excluding carboxylic acids is 2. The number of carbonyl (C=O) groups is 2. The predicted molar refractivity (Wildman–Crippen MR) is 90.9 cm³/mol. The minimum atomic E-state index is -0.573. The summed E-state index contributed by atoms with van der Waals surface area (Å²) in [5.41, 5.74) is -0.132. The first-order chi connectivity index (χ1) is 11.9. The summed E-state index contributed by atoms with van der Waals surface area (Å²) in [6.45, 7) is 4.43. The number of quaternary nitrogens is 1. The first-order valence-electron chi connectivity index (χ1n) is 7.89. The number of nitro groups is 1. The van der Waals surface area contributed by atoms with Crippen LogP contribution in [0.5, 0.6) is 0 Å². The van der Waals surface area contributed by atoms with Gasteiger partial charge in [0.15, 0.2) is 6.54 Å². The Kier molecular flexibility index (Phi) is 6.54. The molecule has 2 N–H and O–H groups in total. The van der Waals surface area contributed by atoms with Gasteiger partial charge in [0.2, 0.25) is 0 Å². The van der Waals surface area contributed by atoms with Crippen molar-refractivity contribution < 1.29 is 24.1 Å².